The van der Waals surface area contributed by atoms with Crippen LogP contribution in [0.1, 0.15) is 10.7 Å². The van der Waals surface area contributed by atoms with Gasteiger partial charge in [-0.05, 0) is 17.7 Å². The number of methoxy groups -OCH3 is 1. The molecule has 0 saturated heterocycles. The molecule has 0 spiro atoms. The molecule has 1 atom stereocenters. The second-order valence-electron chi connectivity index (χ2n) is 3.01. The van der Waals surface area contributed by atoms with Crippen molar-refractivity contribution in [3.8, 4) is 5.75 Å². The van der Waals surface area contributed by atoms with Gasteiger partial charge in [0.05, 0.1) is 7.11 Å². The maximum atomic E-state index is 12.0. The van der Waals surface area contributed by atoms with Gasteiger partial charge in [-0.2, -0.15) is 0 Å². The summed E-state index contributed by atoms with van der Waals surface area (Å²) >= 11 is 6.06. The molecule has 1 aromatic rings. The summed E-state index contributed by atoms with van der Waals surface area (Å²) in [5.74, 6) is 0.706. The van der Waals surface area contributed by atoms with Crippen LogP contribution >= 0.6 is 19.2 Å². The van der Waals surface area contributed by atoms with E-state index in [9.17, 15) is 4.57 Å². The number of halogens is 1. The molecule has 0 N–H and O–H groups in total. The zero-order valence-corrected chi connectivity index (χ0v) is 11.0. The van der Waals surface area contributed by atoms with E-state index in [2.05, 4.69) is 0 Å². The number of rotatable bonds is 5. The Morgan fingerprint density at radius 3 is 2.00 bits per heavy atom. The van der Waals surface area contributed by atoms with Crippen LogP contribution in [0.3, 0.4) is 0 Å². The van der Waals surface area contributed by atoms with Gasteiger partial charge in [0.1, 0.15) is 5.75 Å². The van der Waals surface area contributed by atoms with E-state index in [1.807, 2.05) is 0 Å². The zero-order valence-electron chi connectivity index (χ0n) is 9.34. The van der Waals surface area contributed by atoms with Gasteiger partial charge in [0.25, 0.3) is 0 Å². The average molecular weight is 265 g/mol. The van der Waals surface area contributed by atoms with Crippen LogP contribution in [0.4, 0.5) is 0 Å². The highest BCUT2D eigenvalue weighted by Gasteiger charge is 2.33. The van der Waals surface area contributed by atoms with Crippen molar-refractivity contribution in [1.29, 1.82) is 0 Å². The van der Waals surface area contributed by atoms with E-state index >= 15 is 0 Å². The molecule has 0 saturated carbocycles. The molecular formula is C10H14ClO4P. The summed E-state index contributed by atoms with van der Waals surface area (Å²) in [6.45, 7) is 0. The minimum absolute atomic E-state index is 0.662. The SMILES string of the molecule is COc1ccc(C(Cl)P(=O)(OC)OC)cc1. The Kier molecular flexibility index (Phi) is 4.81. The monoisotopic (exact) mass is 264 g/mol. The molecule has 0 fully saturated rings. The van der Waals surface area contributed by atoms with E-state index in [0.29, 0.717) is 11.3 Å². The third kappa shape index (κ3) is 2.77. The molecule has 0 amide bonds. The first-order chi connectivity index (χ1) is 7.57. The summed E-state index contributed by atoms with van der Waals surface area (Å²) in [5, 5.41) is -0.826. The molecule has 90 valence electrons. The highest BCUT2D eigenvalue weighted by molar-refractivity contribution is 7.56. The van der Waals surface area contributed by atoms with Crippen molar-refractivity contribution in [2.75, 3.05) is 21.3 Å². The standard InChI is InChI=1S/C10H14ClO4P/c1-13-9-6-4-8(5-7-9)10(11)16(12,14-2)15-3/h4-7,10H,1-3H3. The average Bonchev–Trinajstić information content (AvgIpc) is 2.37. The second kappa shape index (κ2) is 5.69. The van der Waals surface area contributed by atoms with E-state index in [0.717, 1.165) is 0 Å². The molecular weight excluding hydrogens is 251 g/mol. The van der Waals surface area contributed by atoms with Gasteiger partial charge in [-0.1, -0.05) is 12.1 Å². The van der Waals surface area contributed by atoms with E-state index < -0.39 is 12.7 Å². The normalized spacial score (nSPS) is 13.5. The predicted octanol–water partition coefficient (Wildman–Crippen LogP) is 3.42. The first kappa shape index (κ1) is 13.5. The van der Waals surface area contributed by atoms with Crippen LogP contribution < -0.4 is 4.74 Å². The molecule has 0 aliphatic rings. The van der Waals surface area contributed by atoms with Gasteiger partial charge >= 0.3 is 7.60 Å². The highest BCUT2D eigenvalue weighted by Crippen LogP contribution is 2.61. The van der Waals surface area contributed by atoms with Gasteiger partial charge in [0.2, 0.25) is 0 Å². The fraction of sp³-hybridized carbons (Fsp3) is 0.400. The molecule has 16 heavy (non-hydrogen) atoms. The van der Waals surface area contributed by atoms with Gasteiger partial charge in [-0.25, -0.2) is 0 Å². The molecule has 0 radical (unpaired) electrons. The maximum Gasteiger partial charge on any atom is 0.352 e. The largest absolute Gasteiger partial charge is 0.497 e. The van der Waals surface area contributed by atoms with E-state index in [1.165, 1.54) is 14.2 Å². The summed E-state index contributed by atoms with van der Waals surface area (Å²) in [6.07, 6.45) is 0. The van der Waals surface area contributed by atoms with Gasteiger partial charge in [0.15, 0.2) is 5.12 Å². The molecule has 0 aromatic heterocycles. The Labute approximate surface area is 100.0 Å². The van der Waals surface area contributed by atoms with Crippen LogP contribution in [0.2, 0.25) is 0 Å². The minimum atomic E-state index is -3.29. The smallest absolute Gasteiger partial charge is 0.352 e. The summed E-state index contributed by atoms with van der Waals surface area (Å²) in [4.78, 5) is 0. The molecule has 1 aromatic carbocycles. The highest BCUT2D eigenvalue weighted by atomic mass is 35.5. The Bertz CT molecular complexity index is 371. The molecule has 6 heteroatoms. The summed E-state index contributed by atoms with van der Waals surface area (Å²) in [7, 11) is 0.896. The minimum Gasteiger partial charge on any atom is -0.497 e. The fourth-order valence-corrected chi connectivity index (χ4v) is 2.89. The van der Waals surface area contributed by atoms with E-state index in [4.69, 9.17) is 25.4 Å². The lowest BCUT2D eigenvalue weighted by Crippen LogP contribution is -1.97. The number of benzene rings is 1. The molecule has 0 heterocycles. The Morgan fingerprint density at radius 2 is 1.62 bits per heavy atom. The van der Waals surface area contributed by atoms with Crippen LogP contribution in [0.15, 0.2) is 24.3 Å². The molecule has 0 aliphatic carbocycles. The second-order valence-corrected chi connectivity index (χ2v) is 6.08. The van der Waals surface area contributed by atoms with Crippen LogP contribution in [-0.4, -0.2) is 21.3 Å². The zero-order chi connectivity index (χ0) is 12.2. The van der Waals surface area contributed by atoms with Crippen LogP contribution in [0, 0.1) is 0 Å². The van der Waals surface area contributed by atoms with Crippen molar-refractivity contribution in [3.05, 3.63) is 29.8 Å². The number of hydrogen-bond donors (Lipinski definition) is 0. The lowest BCUT2D eigenvalue weighted by atomic mass is 10.2. The molecule has 0 aliphatic heterocycles. The molecule has 0 bridgehead atoms. The third-order valence-electron chi connectivity index (χ3n) is 2.18. The first-order valence-corrected chi connectivity index (χ1v) is 6.61. The predicted molar refractivity (Wildman–Crippen MR) is 63.2 cm³/mol. The van der Waals surface area contributed by atoms with Crippen molar-refractivity contribution < 1.29 is 18.3 Å². The van der Waals surface area contributed by atoms with Crippen molar-refractivity contribution >= 4 is 19.2 Å². The topological polar surface area (TPSA) is 44.8 Å². The Morgan fingerprint density at radius 1 is 1.12 bits per heavy atom. The fourth-order valence-electron chi connectivity index (χ4n) is 1.20. The third-order valence-corrected chi connectivity index (χ3v) is 5.02. The number of ether oxygens (including phenoxy) is 1. The lowest BCUT2D eigenvalue weighted by Gasteiger charge is -2.19. The lowest BCUT2D eigenvalue weighted by molar-refractivity contribution is 0.273. The molecule has 1 unspecified atom stereocenters. The van der Waals surface area contributed by atoms with Crippen molar-refractivity contribution in [1.82, 2.24) is 0 Å². The summed E-state index contributed by atoms with van der Waals surface area (Å²) in [5.41, 5.74) is 0.662. The molecule has 4 nitrogen and oxygen atoms in total. The van der Waals surface area contributed by atoms with E-state index in [1.54, 1.807) is 31.4 Å². The Balaban J connectivity index is 2.95. The van der Waals surface area contributed by atoms with Crippen LogP contribution in [0.5, 0.6) is 5.75 Å². The summed E-state index contributed by atoms with van der Waals surface area (Å²) < 4.78 is 26.7. The van der Waals surface area contributed by atoms with Crippen molar-refractivity contribution in [2.45, 2.75) is 5.12 Å². The number of hydrogen-bond acceptors (Lipinski definition) is 4. The molecule has 1 rings (SSSR count). The Hall–Kier alpha value is -0.540. The van der Waals surface area contributed by atoms with Gasteiger partial charge in [-0.15, -0.1) is 11.6 Å². The van der Waals surface area contributed by atoms with Crippen molar-refractivity contribution in [2.24, 2.45) is 0 Å². The maximum absolute atomic E-state index is 12.0. The van der Waals surface area contributed by atoms with Crippen molar-refractivity contribution in [3.63, 3.8) is 0 Å². The van der Waals surface area contributed by atoms with Gasteiger partial charge in [-0.3, -0.25) is 4.57 Å². The van der Waals surface area contributed by atoms with Gasteiger partial charge in [0, 0.05) is 14.2 Å². The summed E-state index contributed by atoms with van der Waals surface area (Å²) in [6, 6.07) is 6.92. The van der Waals surface area contributed by atoms with Crippen LogP contribution in [0.25, 0.3) is 0 Å². The number of alkyl halides is 1. The first-order valence-electron chi connectivity index (χ1n) is 4.56. The van der Waals surface area contributed by atoms with Gasteiger partial charge < -0.3 is 13.8 Å². The quantitative estimate of drug-likeness (QED) is 0.604. The van der Waals surface area contributed by atoms with E-state index in [-0.39, 0.29) is 0 Å². The van der Waals surface area contributed by atoms with Crippen LogP contribution in [-0.2, 0) is 13.6 Å².